The summed E-state index contributed by atoms with van der Waals surface area (Å²) in [5.41, 5.74) is 0.198. The van der Waals surface area contributed by atoms with Crippen molar-refractivity contribution in [2.45, 2.75) is 25.7 Å². The molecule has 1 fully saturated rings. The van der Waals surface area contributed by atoms with E-state index in [0.717, 1.165) is 25.1 Å². The number of hydrogen-bond acceptors (Lipinski definition) is 3. The highest BCUT2D eigenvalue weighted by atomic mass is 19.1. The van der Waals surface area contributed by atoms with E-state index in [9.17, 15) is 14.0 Å². The van der Waals surface area contributed by atoms with Gasteiger partial charge in [-0.1, -0.05) is 0 Å². The van der Waals surface area contributed by atoms with Gasteiger partial charge >= 0.3 is 5.97 Å². The molecule has 0 aromatic carbocycles. The van der Waals surface area contributed by atoms with Crippen LogP contribution in [-0.4, -0.2) is 28.5 Å². The number of carboxylic acids is 1. The summed E-state index contributed by atoms with van der Waals surface area (Å²) in [4.78, 5) is 26.3. The molecule has 20 heavy (non-hydrogen) atoms. The number of aliphatic carboxylic acids is 1. The van der Waals surface area contributed by atoms with E-state index in [1.165, 1.54) is 6.20 Å². The molecule has 1 amide bonds. The van der Waals surface area contributed by atoms with Crippen molar-refractivity contribution < 1.29 is 19.1 Å². The lowest BCUT2D eigenvalue weighted by molar-refractivity contribution is -0.143. The van der Waals surface area contributed by atoms with Crippen LogP contribution in [0.3, 0.4) is 0 Å². The predicted octanol–water partition coefficient (Wildman–Crippen LogP) is 1.84. The average molecular weight is 280 g/mol. The number of carboxylic acid groups (broad SMARTS) is 1. The first-order valence-electron chi connectivity index (χ1n) is 6.68. The van der Waals surface area contributed by atoms with E-state index in [4.69, 9.17) is 5.11 Å². The van der Waals surface area contributed by atoms with Gasteiger partial charge in [-0.25, -0.2) is 4.39 Å². The van der Waals surface area contributed by atoms with Crippen LogP contribution in [-0.2, 0) is 4.79 Å². The van der Waals surface area contributed by atoms with E-state index < -0.39 is 11.8 Å². The van der Waals surface area contributed by atoms with E-state index in [-0.39, 0.29) is 23.3 Å². The maximum Gasteiger partial charge on any atom is 0.306 e. The van der Waals surface area contributed by atoms with Crippen LogP contribution in [0.25, 0.3) is 0 Å². The average Bonchev–Trinajstić information content (AvgIpc) is 2.45. The van der Waals surface area contributed by atoms with Crippen molar-refractivity contribution in [1.29, 1.82) is 0 Å². The topological polar surface area (TPSA) is 79.3 Å². The Kier molecular flexibility index (Phi) is 4.65. The van der Waals surface area contributed by atoms with Gasteiger partial charge in [0.15, 0.2) is 0 Å². The molecular formula is C14H17FN2O3. The summed E-state index contributed by atoms with van der Waals surface area (Å²) in [6.07, 6.45) is 5.25. The predicted molar refractivity (Wildman–Crippen MR) is 69.6 cm³/mol. The first-order chi connectivity index (χ1) is 9.56. The van der Waals surface area contributed by atoms with Crippen molar-refractivity contribution in [3.63, 3.8) is 0 Å². The summed E-state index contributed by atoms with van der Waals surface area (Å²) in [7, 11) is 0. The molecular weight excluding hydrogens is 263 g/mol. The first kappa shape index (κ1) is 14.4. The Bertz CT molecular complexity index is 499. The minimum atomic E-state index is -0.738. The van der Waals surface area contributed by atoms with Crippen molar-refractivity contribution in [2.24, 2.45) is 11.8 Å². The van der Waals surface area contributed by atoms with Crippen molar-refractivity contribution in [2.75, 3.05) is 6.54 Å². The summed E-state index contributed by atoms with van der Waals surface area (Å²) < 4.78 is 12.9. The molecule has 1 aliphatic carbocycles. The quantitative estimate of drug-likeness (QED) is 0.882. The Morgan fingerprint density at radius 3 is 2.60 bits per heavy atom. The summed E-state index contributed by atoms with van der Waals surface area (Å²) in [6, 6.07) is 1.14. The zero-order valence-corrected chi connectivity index (χ0v) is 11.0. The van der Waals surface area contributed by atoms with Gasteiger partial charge < -0.3 is 10.4 Å². The Morgan fingerprint density at radius 2 is 2.00 bits per heavy atom. The molecule has 1 aromatic rings. The van der Waals surface area contributed by atoms with Crippen LogP contribution in [0.4, 0.5) is 4.39 Å². The molecule has 1 aliphatic rings. The molecule has 1 aromatic heterocycles. The number of amides is 1. The second kappa shape index (κ2) is 6.45. The van der Waals surface area contributed by atoms with E-state index in [0.29, 0.717) is 19.4 Å². The van der Waals surface area contributed by atoms with Gasteiger partial charge in [0.25, 0.3) is 5.91 Å². The molecule has 0 bridgehead atoms. The lowest BCUT2D eigenvalue weighted by Crippen LogP contribution is -2.32. The minimum Gasteiger partial charge on any atom is -0.481 e. The molecule has 1 heterocycles. The fourth-order valence-corrected chi connectivity index (χ4v) is 2.49. The standard InChI is InChI=1S/C14H17FN2O3/c15-12-5-11(7-16-8-12)13(18)17-6-9-1-3-10(4-2-9)14(19)20/h5,7-10H,1-4,6H2,(H,17,18)(H,19,20). The van der Waals surface area contributed by atoms with Gasteiger partial charge in [0.05, 0.1) is 17.7 Å². The largest absolute Gasteiger partial charge is 0.481 e. The first-order valence-corrected chi connectivity index (χ1v) is 6.68. The third-order valence-corrected chi connectivity index (χ3v) is 3.71. The number of aromatic nitrogens is 1. The second-order valence-electron chi connectivity index (χ2n) is 5.16. The van der Waals surface area contributed by atoms with E-state index in [1.54, 1.807) is 0 Å². The third-order valence-electron chi connectivity index (χ3n) is 3.71. The van der Waals surface area contributed by atoms with Crippen molar-refractivity contribution in [3.05, 3.63) is 29.8 Å². The van der Waals surface area contributed by atoms with E-state index in [2.05, 4.69) is 10.3 Å². The molecule has 6 heteroatoms. The Hall–Kier alpha value is -1.98. The number of nitrogens with zero attached hydrogens (tertiary/aromatic N) is 1. The van der Waals surface area contributed by atoms with Gasteiger partial charge in [-0.15, -0.1) is 0 Å². The van der Waals surface area contributed by atoms with Crippen LogP contribution in [0.5, 0.6) is 0 Å². The Balaban J connectivity index is 1.79. The van der Waals surface area contributed by atoms with Crippen LogP contribution in [0.1, 0.15) is 36.0 Å². The minimum absolute atomic E-state index is 0.198. The van der Waals surface area contributed by atoms with Crippen molar-refractivity contribution >= 4 is 11.9 Å². The molecule has 0 aliphatic heterocycles. The summed E-state index contributed by atoms with van der Waals surface area (Å²) in [6.45, 7) is 0.488. The number of pyridine rings is 1. The molecule has 2 N–H and O–H groups in total. The van der Waals surface area contributed by atoms with Gasteiger partial charge in [0.2, 0.25) is 0 Å². The zero-order chi connectivity index (χ0) is 14.5. The highest BCUT2D eigenvalue weighted by Gasteiger charge is 2.26. The third kappa shape index (κ3) is 3.76. The maximum atomic E-state index is 12.9. The lowest BCUT2D eigenvalue weighted by atomic mass is 9.82. The Labute approximate surface area is 116 Å². The number of carbonyl (C=O) groups excluding carboxylic acids is 1. The maximum absolute atomic E-state index is 12.9. The van der Waals surface area contributed by atoms with Gasteiger partial charge in [0, 0.05) is 12.7 Å². The van der Waals surface area contributed by atoms with Crippen molar-refractivity contribution in [3.8, 4) is 0 Å². The highest BCUT2D eigenvalue weighted by Crippen LogP contribution is 2.28. The van der Waals surface area contributed by atoms with Crippen LogP contribution in [0.15, 0.2) is 18.5 Å². The lowest BCUT2D eigenvalue weighted by Gasteiger charge is -2.26. The summed E-state index contributed by atoms with van der Waals surface area (Å²) in [5, 5.41) is 11.7. The molecule has 1 saturated carbocycles. The summed E-state index contributed by atoms with van der Waals surface area (Å²) >= 11 is 0. The van der Waals surface area contributed by atoms with E-state index >= 15 is 0 Å². The number of carbonyl (C=O) groups is 2. The van der Waals surface area contributed by atoms with Gasteiger partial charge in [-0.2, -0.15) is 0 Å². The molecule has 5 nitrogen and oxygen atoms in total. The van der Waals surface area contributed by atoms with Crippen LogP contribution in [0, 0.1) is 17.7 Å². The number of nitrogens with one attached hydrogen (secondary N) is 1. The van der Waals surface area contributed by atoms with Crippen molar-refractivity contribution in [1.82, 2.24) is 10.3 Å². The zero-order valence-electron chi connectivity index (χ0n) is 11.0. The number of rotatable bonds is 4. The molecule has 0 radical (unpaired) electrons. The number of hydrogen-bond donors (Lipinski definition) is 2. The van der Waals surface area contributed by atoms with Gasteiger partial charge in [0.1, 0.15) is 5.82 Å². The molecule has 0 spiro atoms. The molecule has 2 rings (SSSR count). The van der Waals surface area contributed by atoms with Crippen LogP contribution >= 0.6 is 0 Å². The van der Waals surface area contributed by atoms with Crippen LogP contribution < -0.4 is 5.32 Å². The SMILES string of the molecule is O=C(NCC1CCC(C(=O)O)CC1)c1cncc(F)c1. The smallest absolute Gasteiger partial charge is 0.306 e. The fourth-order valence-electron chi connectivity index (χ4n) is 2.49. The Morgan fingerprint density at radius 1 is 1.30 bits per heavy atom. The molecule has 0 saturated heterocycles. The monoisotopic (exact) mass is 280 g/mol. The highest BCUT2D eigenvalue weighted by molar-refractivity contribution is 5.93. The second-order valence-corrected chi connectivity index (χ2v) is 5.16. The normalized spacial score (nSPS) is 22.2. The van der Waals surface area contributed by atoms with Crippen LogP contribution in [0.2, 0.25) is 0 Å². The molecule has 108 valence electrons. The van der Waals surface area contributed by atoms with Gasteiger partial charge in [-0.3, -0.25) is 14.6 Å². The molecule has 0 atom stereocenters. The molecule has 0 unspecified atom stereocenters. The van der Waals surface area contributed by atoms with Gasteiger partial charge in [-0.05, 0) is 37.7 Å². The van der Waals surface area contributed by atoms with E-state index in [1.807, 2.05) is 0 Å². The number of halogens is 1. The summed E-state index contributed by atoms with van der Waals surface area (Å²) in [5.74, 6) is -1.60. The fraction of sp³-hybridized carbons (Fsp3) is 0.500.